The second-order valence-electron chi connectivity index (χ2n) is 3.92. The molecule has 2 rings (SSSR count). The molecule has 2 heterocycles. The fourth-order valence-electron chi connectivity index (χ4n) is 1.65. The third-order valence-corrected chi connectivity index (χ3v) is 2.63. The molecule has 6 nitrogen and oxygen atoms in total. The van der Waals surface area contributed by atoms with E-state index in [9.17, 15) is 9.59 Å². The van der Waals surface area contributed by atoms with Gasteiger partial charge >= 0.3 is 5.97 Å². The first kappa shape index (κ1) is 12.8. The molecule has 98 valence electrons. The molecule has 0 aromatic carbocycles. The van der Waals surface area contributed by atoms with Gasteiger partial charge in [0.2, 0.25) is 5.43 Å². The zero-order chi connectivity index (χ0) is 14.0. The summed E-state index contributed by atoms with van der Waals surface area (Å²) in [4.78, 5) is 26.9. The van der Waals surface area contributed by atoms with Crippen LogP contribution in [0, 0.1) is 6.92 Å². The number of carboxylic acids is 1. The third-order valence-electron chi connectivity index (χ3n) is 2.63. The summed E-state index contributed by atoms with van der Waals surface area (Å²) in [5.74, 6) is -1.12. The maximum atomic E-state index is 11.6. The normalized spacial score (nSPS) is 10.2. The number of hydrogen-bond donors (Lipinski definition) is 1. The number of aryl methyl sites for hydroxylation is 1. The smallest absolute Gasteiger partial charge is 0.353 e. The Morgan fingerprint density at radius 3 is 2.68 bits per heavy atom. The van der Waals surface area contributed by atoms with Crippen LogP contribution in [0.15, 0.2) is 35.4 Å². The number of carboxylic acid groups (broad SMARTS) is 1. The van der Waals surface area contributed by atoms with Crippen molar-refractivity contribution in [1.82, 2.24) is 9.55 Å². The second kappa shape index (κ2) is 4.93. The van der Waals surface area contributed by atoms with E-state index < -0.39 is 11.4 Å². The molecule has 2 aromatic rings. The Balaban J connectivity index is 2.69. The lowest BCUT2D eigenvalue weighted by atomic mass is 10.2. The lowest BCUT2D eigenvalue weighted by Gasteiger charge is -2.12. The molecule has 0 fully saturated rings. The number of aromatic carboxylic acids is 1. The molecule has 0 radical (unpaired) electrons. The first-order valence-corrected chi connectivity index (χ1v) is 5.50. The van der Waals surface area contributed by atoms with Crippen molar-refractivity contribution in [1.29, 1.82) is 0 Å². The summed E-state index contributed by atoms with van der Waals surface area (Å²) in [6.07, 6.45) is 2.88. The summed E-state index contributed by atoms with van der Waals surface area (Å²) < 4.78 is 6.28. The van der Waals surface area contributed by atoms with Crippen molar-refractivity contribution in [2.45, 2.75) is 6.92 Å². The molecule has 6 heteroatoms. The highest BCUT2D eigenvalue weighted by atomic mass is 16.5. The minimum absolute atomic E-state index is 0.0746. The van der Waals surface area contributed by atoms with Gasteiger partial charge in [0.05, 0.1) is 25.2 Å². The van der Waals surface area contributed by atoms with E-state index in [0.717, 1.165) is 11.8 Å². The van der Waals surface area contributed by atoms with E-state index in [0.29, 0.717) is 5.69 Å². The molecule has 0 atom stereocenters. The number of rotatable bonds is 3. The van der Waals surface area contributed by atoms with Crippen LogP contribution in [0.4, 0.5) is 0 Å². The van der Waals surface area contributed by atoms with Gasteiger partial charge in [-0.1, -0.05) is 0 Å². The molecule has 0 saturated carbocycles. The van der Waals surface area contributed by atoms with Gasteiger partial charge in [0, 0.05) is 11.8 Å². The highest BCUT2D eigenvalue weighted by Crippen LogP contribution is 2.14. The van der Waals surface area contributed by atoms with Crippen LogP contribution in [0.25, 0.3) is 5.69 Å². The molecule has 2 aromatic heterocycles. The molecular formula is C13H12N2O4. The summed E-state index contributed by atoms with van der Waals surface area (Å²) in [6.45, 7) is 1.83. The van der Waals surface area contributed by atoms with E-state index in [2.05, 4.69) is 4.98 Å². The number of pyridine rings is 2. The standard InChI is InChI=1S/C13H12N2O4/c1-8-3-4-9(6-14-8)15-7-12(19-2)11(16)5-10(15)13(17)18/h3-7H,1-2H3,(H,17,18). The number of ether oxygens (including phenoxy) is 1. The average Bonchev–Trinajstić information content (AvgIpc) is 2.39. The van der Waals surface area contributed by atoms with Gasteiger partial charge in [-0.05, 0) is 19.1 Å². The number of nitrogens with zero attached hydrogens (tertiary/aromatic N) is 2. The largest absolute Gasteiger partial charge is 0.491 e. The van der Waals surface area contributed by atoms with Gasteiger partial charge in [0.15, 0.2) is 5.75 Å². The quantitative estimate of drug-likeness (QED) is 0.898. The average molecular weight is 260 g/mol. The van der Waals surface area contributed by atoms with Crippen molar-refractivity contribution in [2.75, 3.05) is 7.11 Å². The van der Waals surface area contributed by atoms with Crippen molar-refractivity contribution in [3.8, 4) is 11.4 Å². The SMILES string of the molecule is COc1cn(-c2ccc(C)nc2)c(C(=O)O)cc1=O. The zero-order valence-corrected chi connectivity index (χ0v) is 10.5. The van der Waals surface area contributed by atoms with E-state index in [1.807, 2.05) is 6.92 Å². The Hall–Kier alpha value is -2.63. The fourth-order valence-corrected chi connectivity index (χ4v) is 1.65. The van der Waals surface area contributed by atoms with Gasteiger partial charge in [-0.2, -0.15) is 0 Å². The maximum Gasteiger partial charge on any atom is 0.353 e. The molecule has 0 unspecified atom stereocenters. The van der Waals surface area contributed by atoms with Gasteiger partial charge in [-0.15, -0.1) is 0 Å². The van der Waals surface area contributed by atoms with Gasteiger partial charge in [0.25, 0.3) is 0 Å². The van der Waals surface area contributed by atoms with Crippen LogP contribution in [0.1, 0.15) is 16.2 Å². The summed E-state index contributed by atoms with van der Waals surface area (Å²) in [6, 6.07) is 4.51. The van der Waals surface area contributed by atoms with E-state index >= 15 is 0 Å². The fraction of sp³-hybridized carbons (Fsp3) is 0.154. The number of methoxy groups -OCH3 is 1. The van der Waals surface area contributed by atoms with Crippen molar-refractivity contribution in [3.05, 3.63) is 52.2 Å². The molecule has 0 bridgehead atoms. The Morgan fingerprint density at radius 1 is 1.42 bits per heavy atom. The summed E-state index contributed by atoms with van der Waals surface area (Å²) in [5, 5.41) is 9.15. The van der Waals surface area contributed by atoms with Crippen molar-refractivity contribution < 1.29 is 14.6 Å². The van der Waals surface area contributed by atoms with Crippen molar-refractivity contribution in [3.63, 3.8) is 0 Å². The summed E-state index contributed by atoms with van der Waals surface area (Å²) >= 11 is 0. The molecule has 0 saturated heterocycles. The van der Waals surface area contributed by atoms with Gasteiger partial charge in [-0.3, -0.25) is 9.78 Å². The Kier molecular flexibility index (Phi) is 3.33. The second-order valence-corrected chi connectivity index (χ2v) is 3.92. The molecule has 0 amide bonds. The summed E-state index contributed by atoms with van der Waals surface area (Å²) in [7, 11) is 1.36. The lowest BCUT2D eigenvalue weighted by molar-refractivity contribution is 0.0687. The van der Waals surface area contributed by atoms with Gasteiger partial charge in [-0.25, -0.2) is 4.79 Å². The minimum atomic E-state index is -1.19. The maximum absolute atomic E-state index is 11.6. The number of hydrogen-bond acceptors (Lipinski definition) is 4. The van der Waals surface area contributed by atoms with Gasteiger partial charge < -0.3 is 14.4 Å². The van der Waals surface area contributed by atoms with Crippen LogP contribution in [-0.4, -0.2) is 27.7 Å². The molecule has 19 heavy (non-hydrogen) atoms. The first-order valence-electron chi connectivity index (χ1n) is 5.50. The zero-order valence-electron chi connectivity index (χ0n) is 10.5. The van der Waals surface area contributed by atoms with Crippen LogP contribution in [-0.2, 0) is 0 Å². The lowest BCUT2D eigenvalue weighted by Crippen LogP contribution is -2.17. The topological polar surface area (TPSA) is 81.4 Å². The summed E-state index contributed by atoms with van der Waals surface area (Å²) in [5.41, 5.74) is 0.739. The van der Waals surface area contributed by atoms with Crippen molar-refractivity contribution in [2.24, 2.45) is 0 Å². The monoisotopic (exact) mass is 260 g/mol. The Bertz CT molecular complexity index is 674. The predicted molar refractivity (Wildman–Crippen MR) is 68.1 cm³/mol. The van der Waals surface area contributed by atoms with E-state index in [4.69, 9.17) is 9.84 Å². The number of carbonyl (C=O) groups is 1. The third kappa shape index (κ3) is 2.47. The highest BCUT2D eigenvalue weighted by Gasteiger charge is 2.14. The Labute approximate surface area is 108 Å². The highest BCUT2D eigenvalue weighted by molar-refractivity contribution is 5.86. The van der Waals surface area contributed by atoms with Crippen LogP contribution < -0.4 is 10.2 Å². The van der Waals surface area contributed by atoms with E-state index in [1.165, 1.54) is 24.1 Å². The Morgan fingerprint density at radius 2 is 2.16 bits per heavy atom. The van der Waals surface area contributed by atoms with Crippen LogP contribution in [0.3, 0.4) is 0 Å². The van der Waals surface area contributed by atoms with Crippen molar-refractivity contribution >= 4 is 5.97 Å². The predicted octanol–water partition coefficient (Wildman–Crippen LogP) is 1.25. The molecular weight excluding hydrogens is 248 g/mol. The van der Waals surface area contributed by atoms with E-state index in [-0.39, 0.29) is 11.4 Å². The molecule has 0 aliphatic carbocycles. The van der Waals surface area contributed by atoms with Crippen LogP contribution in [0.2, 0.25) is 0 Å². The first-order chi connectivity index (χ1) is 9.02. The van der Waals surface area contributed by atoms with Gasteiger partial charge in [0.1, 0.15) is 5.69 Å². The molecule has 0 spiro atoms. The van der Waals surface area contributed by atoms with Crippen LogP contribution >= 0.6 is 0 Å². The molecule has 0 aliphatic rings. The van der Waals surface area contributed by atoms with E-state index in [1.54, 1.807) is 12.1 Å². The van der Waals surface area contributed by atoms with Crippen LogP contribution in [0.5, 0.6) is 5.75 Å². The number of aromatic nitrogens is 2. The molecule has 0 aliphatic heterocycles. The molecule has 1 N–H and O–H groups in total. The minimum Gasteiger partial charge on any atom is -0.491 e.